The number of anilines is 1. The third kappa shape index (κ3) is 3.46. The Morgan fingerprint density at radius 1 is 1.19 bits per heavy atom. The quantitative estimate of drug-likeness (QED) is 0.890. The maximum absolute atomic E-state index is 12.5. The monoisotopic (exact) mass is 307 g/mol. The van der Waals surface area contributed by atoms with Gasteiger partial charge in [-0.15, -0.1) is 0 Å². The summed E-state index contributed by atoms with van der Waals surface area (Å²) in [6, 6.07) is 7.39. The molecule has 2 rings (SSSR count). The van der Waals surface area contributed by atoms with Gasteiger partial charge in [0.25, 0.3) is 10.0 Å². The van der Waals surface area contributed by atoms with Crippen molar-refractivity contribution in [3.8, 4) is 0 Å². The number of benzene rings is 1. The van der Waals surface area contributed by atoms with Crippen LogP contribution in [-0.2, 0) is 23.6 Å². The lowest BCUT2D eigenvalue weighted by Gasteiger charge is -2.10. The van der Waals surface area contributed by atoms with Gasteiger partial charge in [-0.05, 0) is 44.2 Å². The normalized spacial score (nSPS) is 11.6. The topological polar surface area (TPSA) is 63.1 Å². The molecule has 0 spiro atoms. The lowest BCUT2D eigenvalue weighted by molar-refractivity contribution is 0.601. The molecule has 0 aliphatic rings. The average Bonchev–Trinajstić information content (AvgIpc) is 2.77. The second kappa shape index (κ2) is 5.91. The predicted molar refractivity (Wildman–Crippen MR) is 84.9 cm³/mol. The molecule has 1 heterocycles. The summed E-state index contributed by atoms with van der Waals surface area (Å²) in [6.07, 6.45) is 1.63. The third-order valence-corrected chi connectivity index (χ3v) is 4.72. The molecule has 21 heavy (non-hydrogen) atoms. The Hall–Kier alpha value is -1.79. The van der Waals surface area contributed by atoms with Crippen molar-refractivity contribution in [3.63, 3.8) is 0 Å². The van der Waals surface area contributed by atoms with Crippen LogP contribution in [-0.4, -0.2) is 20.0 Å². The molecule has 0 unspecified atom stereocenters. The summed E-state index contributed by atoms with van der Waals surface area (Å²) < 4.78 is 29.5. The van der Waals surface area contributed by atoms with E-state index < -0.39 is 10.0 Å². The molecule has 0 saturated carbocycles. The van der Waals surface area contributed by atoms with Gasteiger partial charge in [-0.3, -0.25) is 4.72 Å². The van der Waals surface area contributed by atoms with E-state index in [1.54, 1.807) is 12.3 Å². The van der Waals surface area contributed by atoms with Crippen LogP contribution < -0.4 is 10.0 Å². The Balaban J connectivity index is 2.34. The molecule has 114 valence electrons. The fourth-order valence-electron chi connectivity index (χ4n) is 2.13. The van der Waals surface area contributed by atoms with Gasteiger partial charge in [0.15, 0.2) is 0 Å². The maximum atomic E-state index is 12.5. The van der Waals surface area contributed by atoms with E-state index in [2.05, 4.69) is 10.0 Å². The number of hydrogen-bond acceptors (Lipinski definition) is 3. The SMILES string of the molecule is CNCc1cc(S(=O)(=O)Nc2cc(C)ccc2C)cn1C. The van der Waals surface area contributed by atoms with E-state index in [-0.39, 0.29) is 4.90 Å². The van der Waals surface area contributed by atoms with Crippen molar-refractivity contribution >= 4 is 15.7 Å². The van der Waals surface area contributed by atoms with Crippen molar-refractivity contribution in [3.05, 3.63) is 47.3 Å². The zero-order valence-corrected chi connectivity index (χ0v) is 13.6. The van der Waals surface area contributed by atoms with Crippen LogP contribution in [0.1, 0.15) is 16.8 Å². The Labute approximate surface area is 126 Å². The molecule has 2 N–H and O–H groups in total. The van der Waals surface area contributed by atoms with Gasteiger partial charge >= 0.3 is 0 Å². The Morgan fingerprint density at radius 3 is 2.57 bits per heavy atom. The van der Waals surface area contributed by atoms with Gasteiger partial charge in [-0.1, -0.05) is 12.1 Å². The highest BCUT2D eigenvalue weighted by Gasteiger charge is 2.18. The molecule has 0 fully saturated rings. The van der Waals surface area contributed by atoms with Crippen LogP contribution >= 0.6 is 0 Å². The molecule has 0 amide bonds. The zero-order chi connectivity index (χ0) is 15.6. The molecular formula is C15H21N3O2S. The molecule has 0 aliphatic carbocycles. The summed E-state index contributed by atoms with van der Waals surface area (Å²) in [5.41, 5.74) is 3.45. The number of aryl methyl sites for hydroxylation is 3. The van der Waals surface area contributed by atoms with Crippen molar-refractivity contribution in [2.24, 2.45) is 7.05 Å². The molecule has 1 aromatic carbocycles. The summed E-state index contributed by atoms with van der Waals surface area (Å²) in [5.74, 6) is 0. The summed E-state index contributed by atoms with van der Waals surface area (Å²) in [7, 11) is 0.0946. The molecule has 6 heteroatoms. The molecule has 0 radical (unpaired) electrons. The van der Waals surface area contributed by atoms with Crippen LogP contribution in [0.3, 0.4) is 0 Å². The lowest BCUT2D eigenvalue weighted by Crippen LogP contribution is -2.13. The molecule has 0 bridgehead atoms. The summed E-state index contributed by atoms with van der Waals surface area (Å²) in [4.78, 5) is 0.274. The fourth-order valence-corrected chi connectivity index (χ4v) is 3.35. The van der Waals surface area contributed by atoms with Crippen molar-refractivity contribution in [1.82, 2.24) is 9.88 Å². The third-order valence-electron chi connectivity index (χ3n) is 3.39. The minimum absolute atomic E-state index is 0.274. The molecule has 0 saturated heterocycles. The van der Waals surface area contributed by atoms with E-state index in [1.165, 1.54) is 0 Å². The summed E-state index contributed by atoms with van der Waals surface area (Å²) in [6.45, 7) is 4.44. The number of nitrogens with zero attached hydrogens (tertiary/aromatic N) is 1. The first-order valence-electron chi connectivity index (χ1n) is 6.73. The van der Waals surface area contributed by atoms with Crippen LogP contribution in [0, 0.1) is 13.8 Å². The second-order valence-corrected chi connectivity index (χ2v) is 6.91. The van der Waals surface area contributed by atoms with Gasteiger partial charge in [0, 0.05) is 25.5 Å². The van der Waals surface area contributed by atoms with Crippen molar-refractivity contribution in [2.75, 3.05) is 11.8 Å². The second-order valence-electron chi connectivity index (χ2n) is 5.23. The predicted octanol–water partition coefficient (Wildman–Crippen LogP) is 2.16. The average molecular weight is 307 g/mol. The van der Waals surface area contributed by atoms with Crippen molar-refractivity contribution < 1.29 is 8.42 Å². The van der Waals surface area contributed by atoms with Crippen LogP contribution in [0.25, 0.3) is 0 Å². The van der Waals surface area contributed by atoms with E-state index in [1.807, 2.05) is 50.7 Å². The minimum Gasteiger partial charge on any atom is -0.352 e. The van der Waals surface area contributed by atoms with Crippen molar-refractivity contribution in [1.29, 1.82) is 0 Å². The number of sulfonamides is 1. The standard InChI is InChI=1S/C15H21N3O2S/c1-11-5-6-12(2)15(7-11)17-21(19,20)14-8-13(9-16-3)18(4)10-14/h5-8,10,16-17H,9H2,1-4H3. The van der Waals surface area contributed by atoms with E-state index in [4.69, 9.17) is 0 Å². The first-order valence-corrected chi connectivity index (χ1v) is 8.21. The molecular weight excluding hydrogens is 286 g/mol. The zero-order valence-electron chi connectivity index (χ0n) is 12.8. The van der Waals surface area contributed by atoms with Gasteiger partial charge in [-0.2, -0.15) is 0 Å². The van der Waals surface area contributed by atoms with Crippen LogP contribution in [0.5, 0.6) is 0 Å². The Kier molecular flexibility index (Phi) is 4.39. The number of hydrogen-bond donors (Lipinski definition) is 2. The summed E-state index contributed by atoms with van der Waals surface area (Å²) >= 11 is 0. The van der Waals surface area contributed by atoms with E-state index >= 15 is 0 Å². The van der Waals surface area contributed by atoms with Gasteiger partial charge in [0.05, 0.1) is 5.69 Å². The molecule has 0 atom stereocenters. The van der Waals surface area contributed by atoms with Gasteiger partial charge in [0.2, 0.25) is 0 Å². The van der Waals surface area contributed by atoms with Gasteiger partial charge in [0.1, 0.15) is 4.90 Å². The highest BCUT2D eigenvalue weighted by atomic mass is 32.2. The smallest absolute Gasteiger partial charge is 0.263 e. The largest absolute Gasteiger partial charge is 0.352 e. The molecule has 5 nitrogen and oxygen atoms in total. The first-order chi connectivity index (χ1) is 9.83. The summed E-state index contributed by atoms with van der Waals surface area (Å²) in [5, 5.41) is 3.02. The van der Waals surface area contributed by atoms with Crippen molar-refractivity contribution in [2.45, 2.75) is 25.3 Å². The van der Waals surface area contributed by atoms with E-state index in [0.717, 1.165) is 16.8 Å². The van der Waals surface area contributed by atoms with Crippen LogP contribution in [0.2, 0.25) is 0 Å². The molecule has 1 aromatic heterocycles. The molecule has 2 aromatic rings. The number of aromatic nitrogens is 1. The van der Waals surface area contributed by atoms with Gasteiger partial charge < -0.3 is 9.88 Å². The highest BCUT2D eigenvalue weighted by Crippen LogP contribution is 2.22. The Morgan fingerprint density at radius 2 is 1.90 bits per heavy atom. The number of nitrogens with one attached hydrogen (secondary N) is 2. The first kappa shape index (κ1) is 15.6. The fraction of sp³-hybridized carbons (Fsp3) is 0.333. The van der Waals surface area contributed by atoms with Crippen LogP contribution in [0.15, 0.2) is 35.4 Å². The van der Waals surface area contributed by atoms with Crippen LogP contribution in [0.4, 0.5) is 5.69 Å². The van der Waals surface area contributed by atoms with E-state index in [0.29, 0.717) is 12.2 Å². The van der Waals surface area contributed by atoms with Gasteiger partial charge in [-0.25, -0.2) is 8.42 Å². The highest BCUT2D eigenvalue weighted by molar-refractivity contribution is 7.92. The maximum Gasteiger partial charge on any atom is 0.263 e. The van der Waals surface area contributed by atoms with E-state index in [9.17, 15) is 8.42 Å². The minimum atomic E-state index is -3.57. The number of rotatable bonds is 5. The molecule has 0 aliphatic heterocycles. The lowest BCUT2D eigenvalue weighted by atomic mass is 10.1. The Bertz CT molecular complexity index is 748.